The summed E-state index contributed by atoms with van der Waals surface area (Å²) in [5.41, 5.74) is 1.56. The molecule has 0 spiro atoms. The van der Waals surface area contributed by atoms with Gasteiger partial charge in [0.1, 0.15) is 17.3 Å². The lowest BCUT2D eigenvalue weighted by Crippen LogP contribution is -2.23. The molecular formula is C17H15NO3S. The standard InChI is InChI=1S/C17H15NO3S/c1-20-16-5-3-2-4-14(16)17(19)18-10-13-6-7-15(21-13)12-8-9-22-11-12/h2-9,11H,10H2,1H3,(H,18,19). The number of hydrogen-bond donors (Lipinski definition) is 1. The number of ether oxygens (including phenoxy) is 1. The fourth-order valence-corrected chi connectivity index (χ4v) is 2.77. The van der Waals surface area contributed by atoms with Crippen molar-refractivity contribution in [2.45, 2.75) is 6.54 Å². The predicted octanol–water partition coefficient (Wildman–Crippen LogP) is 3.95. The van der Waals surface area contributed by atoms with Gasteiger partial charge in [0.15, 0.2) is 0 Å². The average Bonchev–Trinajstić information content (AvgIpc) is 3.23. The van der Waals surface area contributed by atoms with Crippen molar-refractivity contribution >= 4 is 17.2 Å². The van der Waals surface area contributed by atoms with Crippen molar-refractivity contribution in [3.63, 3.8) is 0 Å². The lowest BCUT2D eigenvalue weighted by molar-refractivity contribution is 0.0945. The number of thiophene rings is 1. The summed E-state index contributed by atoms with van der Waals surface area (Å²) < 4.78 is 10.9. The van der Waals surface area contributed by atoms with E-state index in [9.17, 15) is 4.79 Å². The minimum atomic E-state index is -0.189. The van der Waals surface area contributed by atoms with Gasteiger partial charge in [-0.1, -0.05) is 12.1 Å². The quantitative estimate of drug-likeness (QED) is 0.776. The second-order valence-electron chi connectivity index (χ2n) is 4.66. The number of carbonyl (C=O) groups excluding carboxylic acids is 1. The van der Waals surface area contributed by atoms with Crippen LogP contribution in [0.2, 0.25) is 0 Å². The summed E-state index contributed by atoms with van der Waals surface area (Å²) in [6.45, 7) is 0.334. The van der Waals surface area contributed by atoms with E-state index in [0.29, 0.717) is 23.6 Å². The molecular weight excluding hydrogens is 298 g/mol. The molecule has 0 aliphatic rings. The fourth-order valence-electron chi connectivity index (χ4n) is 2.13. The predicted molar refractivity (Wildman–Crippen MR) is 86.2 cm³/mol. The summed E-state index contributed by atoms with van der Waals surface area (Å²) in [4.78, 5) is 12.2. The zero-order valence-electron chi connectivity index (χ0n) is 12.0. The Morgan fingerprint density at radius 3 is 2.86 bits per heavy atom. The highest BCUT2D eigenvalue weighted by atomic mass is 32.1. The Balaban J connectivity index is 1.66. The first-order valence-electron chi connectivity index (χ1n) is 6.80. The van der Waals surface area contributed by atoms with Crippen LogP contribution in [0, 0.1) is 0 Å². The van der Waals surface area contributed by atoms with Gasteiger partial charge in [-0.05, 0) is 35.7 Å². The van der Waals surface area contributed by atoms with E-state index >= 15 is 0 Å². The van der Waals surface area contributed by atoms with Crippen molar-refractivity contribution < 1.29 is 13.9 Å². The van der Waals surface area contributed by atoms with E-state index < -0.39 is 0 Å². The van der Waals surface area contributed by atoms with Crippen molar-refractivity contribution in [3.8, 4) is 17.1 Å². The molecule has 0 fully saturated rings. The molecule has 0 bridgehead atoms. The summed E-state index contributed by atoms with van der Waals surface area (Å²) in [7, 11) is 1.55. The van der Waals surface area contributed by atoms with Crippen LogP contribution in [0.4, 0.5) is 0 Å². The Morgan fingerprint density at radius 1 is 1.23 bits per heavy atom. The number of benzene rings is 1. The first kappa shape index (κ1) is 14.4. The van der Waals surface area contributed by atoms with Gasteiger partial charge in [0.2, 0.25) is 0 Å². The van der Waals surface area contributed by atoms with Crippen molar-refractivity contribution in [2.24, 2.45) is 0 Å². The molecule has 112 valence electrons. The van der Waals surface area contributed by atoms with E-state index in [2.05, 4.69) is 5.32 Å². The number of methoxy groups -OCH3 is 1. The third kappa shape index (κ3) is 3.04. The van der Waals surface area contributed by atoms with Crippen LogP contribution in [0.25, 0.3) is 11.3 Å². The Morgan fingerprint density at radius 2 is 2.09 bits per heavy atom. The Labute approximate surface area is 132 Å². The lowest BCUT2D eigenvalue weighted by atomic mass is 10.2. The average molecular weight is 313 g/mol. The zero-order valence-corrected chi connectivity index (χ0v) is 12.9. The molecule has 0 radical (unpaired) electrons. The topological polar surface area (TPSA) is 51.5 Å². The Bertz CT molecular complexity index is 762. The number of hydrogen-bond acceptors (Lipinski definition) is 4. The van der Waals surface area contributed by atoms with E-state index in [0.717, 1.165) is 11.3 Å². The van der Waals surface area contributed by atoms with Crippen LogP contribution in [0.15, 0.2) is 57.6 Å². The number of rotatable bonds is 5. The van der Waals surface area contributed by atoms with Crippen LogP contribution in [0.1, 0.15) is 16.1 Å². The van der Waals surface area contributed by atoms with Crippen LogP contribution in [-0.4, -0.2) is 13.0 Å². The molecule has 5 heteroatoms. The minimum Gasteiger partial charge on any atom is -0.496 e. The summed E-state index contributed by atoms with van der Waals surface area (Å²) >= 11 is 1.62. The zero-order chi connectivity index (χ0) is 15.4. The van der Waals surface area contributed by atoms with Crippen LogP contribution in [0.3, 0.4) is 0 Å². The normalized spacial score (nSPS) is 10.4. The monoisotopic (exact) mass is 313 g/mol. The van der Waals surface area contributed by atoms with Gasteiger partial charge in [-0.2, -0.15) is 11.3 Å². The molecule has 1 N–H and O–H groups in total. The molecule has 0 aliphatic heterocycles. The van der Waals surface area contributed by atoms with E-state index in [1.165, 1.54) is 0 Å². The highest BCUT2D eigenvalue weighted by Crippen LogP contribution is 2.24. The Hall–Kier alpha value is -2.53. The van der Waals surface area contributed by atoms with Crippen LogP contribution in [-0.2, 0) is 6.54 Å². The molecule has 2 heterocycles. The second kappa shape index (κ2) is 6.49. The number of furan rings is 1. The summed E-state index contributed by atoms with van der Waals surface area (Å²) in [5, 5.41) is 6.86. The largest absolute Gasteiger partial charge is 0.496 e. The van der Waals surface area contributed by atoms with Gasteiger partial charge in [-0.25, -0.2) is 0 Å². The van der Waals surface area contributed by atoms with E-state index in [1.54, 1.807) is 36.6 Å². The molecule has 3 aromatic rings. The maximum absolute atomic E-state index is 12.2. The van der Waals surface area contributed by atoms with Gasteiger partial charge >= 0.3 is 0 Å². The molecule has 0 atom stereocenters. The number of nitrogens with one attached hydrogen (secondary N) is 1. The van der Waals surface area contributed by atoms with Gasteiger partial charge in [-0.3, -0.25) is 4.79 Å². The van der Waals surface area contributed by atoms with E-state index in [-0.39, 0.29) is 5.91 Å². The smallest absolute Gasteiger partial charge is 0.255 e. The maximum atomic E-state index is 12.2. The fraction of sp³-hybridized carbons (Fsp3) is 0.118. The molecule has 0 saturated heterocycles. The summed E-state index contributed by atoms with van der Waals surface area (Å²) in [6, 6.07) is 12.9. The number of amides is 1. The molecule has 22 heavy (non-hydrogen) atoms. The van der Waals surface area contributed by atoms with Crippen LogP contribution in [0.5, 0.6) is 5.75 Å². The first-order chi connectivity index (χ1) is 10.8. The summed E-state index contributed by atoms with van der Waals surface area (Å²) in [6.07, 6.45) is 0. The van der Waals surface area contributed by atoms with Gasteiger partial charge < -0.3 is 14.5 Å². The molecule has 3 rings (SSSR count). The van der Waals surface area contributed by atoms with Gasteiger partial charge in [0.25, 0.3) is 5.91 Å². The minimum absolute atomic E-state index is 0.189. The van der Waals surface area contributed by atoms with Crippen molar-refractivity contribution in [1.82, 2.24) is 5.32 Å². The molecule has 2 aromatic heterocycles. The van der Waals surface area contributed by atoms with Gasteiger partial charge in [0.05, 0.1) is 19.2 Å². The lowest BCUT2D eigenvalue weighted by Gasteiger charge is -2.08. The third-order valence-corrected chi connectivity index (χ3v) is 3.93. The van der Waals surface area contributed by atoms with E-state index in [4.69, 9.17) is 9.15 Å². The SMILES string of the molecule is COc1ccccc1C(=O)NCc1ccc(-c2ccsc2)o1. The molecule has 0 unspecified atom stereocenters. The molecule has 4 nitrogen and oxygen atoms in total. The maximum Gasteiger partial charge on any atom is 0.255 e. The Kier molecular flexibility index (Phi) is 4.25. The second-order valence-corrected chi connectivity index (χ2v) is 5.44. The molecule has 0 aliphatic carbocycles. The van der Waals surface area contributed by atoms with Crippen molar-refractivity contribution in [2.75, 3.05) is 7.11 Å². The van der Waals surface area contributed by atoms with E-state index in [1.807, 2.05) is 35.0 Å². The number of carbonyl (C=O) groups is 1. The molecule has 0 saturated carbocycles. The van der Waals surface area contributed by atoms with Crippen molar-refractivity contribution in [3.05, 3.63) is 64.5 Å². The number of para-hydroxylation sites is 1. The first-order valence-corrected chi connectivity index (χ1v) is 7.74. The van der Waals surface area contributed by atoms with Gasteiger partial charge in [0, 0.05) is 10.9 Å². The summed E-state index contributed by atoms with van der Waals surface area (Å²) in [5.74, 6) is 1.89. The van der Waals surface area contributed by atoms with Crippen LogP contribution < -0.4 is 10.1 Å². The molecule has 1 aromatic carbocycles. The third-order valence-electron chi connectivity index (χ3n) is 3.24. The van der Waals surface area contributed by atoms with Crippen molar-refractivity contribution in [1.29, 1.82) is 0 Å². The highest BCUT2D eigenvalue weighted by molar-refractivity contribution is 7.08. The highest BCUT2D eigenvalue weighted by Gasteiger charge is 2.12. The molecule has 1 amide bonds. The van der Waals surface area contributed by atoms with Gasteiger partial charge in [-0.15, -0.1) is 0 Å². The van der Waals surface area contributed by atoms with Crippen LogP contribution >= 0.6 is 11.3 Å².